The molecule has 0 spiro atoms. The molecule has 0 amide bonds. The van der Waals surface area contributed by atoms with Crippen LogP contribution in [0.3, 0.4) is 0 Å². The molecule has 39 heteroatoms. The molecular weight excluding hydrogens is 1260 g/mol. The zero-order valence-electron chi connectivity index (χ0n) is 46.8. The van der Waals surface area contributed by atoms with Crippen LogP contribution in [0.4, 0.5) is 5.82 Å². The third-order valence-electron chi connectivity index (χ3n) is 16.8. The number of H-pyrrole nitrogens is 3. The summed E-state index contributed by atoms with van der Waals surface area (Å²) in [6, 6.07) is 0. The first kappa shape index (κ1) is 63.6. The summed E-state index contributed by atoms with van der Waals surface area (Å²) >= 11 is 16.9. The van der Waals surface area contributed by atoms with E-state index in [-0.39, 0.29) is 28.9 Å². The summed E-state index contributed by atoms with van der Waals surface area (Å²) < 4.78 is 85.5. The van der Waals surface area contributed by atoms with Crippen molar-refractivity contribution in [1.29, 1.82) is 0 Å². The van der Waals surface area contributed by atoms with Crippen LogP contribution in [0.1, 0.15) is 87.7 Å². The molecule has 0 aromatic carbocycles. The topological polar surface area (TPSA) is 426 Å². The zero-order chi connectivity index (χ0) is 62.3. The van der Waals surface area contributed by atoms with Crippen molar-refractivity contribution >= 4 is 61.4 Å². The van der Waals surface area contributed by atoms with E-state index in [0.717, 1.165) is 13.7 Å². The number of fused-ring (bicyclic) bond motifs is 6. The molecule has 7 unspecified atom stereocenters. The zero-order valence-corrected chi connectivity index (χ0v) is 52.0. The number of aromatic amines is 3. The Hall–Kier alpha value is -4.01. The molecule has 0 radical (unpaired) electrons. The number of ether oxygens (including phenoxy) is 7. The first-order chi connectivity index (χ1) is 40.2. The van der Waals surface area contributed by atoms with Crippen molar-refractivity contribution in [2.45, 2.75) is 177 Å². The summed E-state index contributed by atoms with van der Waals surface area (Å²) in [5.74, 6) is 0.0431. The number of aliphatic hydroxyl groups excluding tert-OH is 1. The van der Waals surface area contributed by atoms with E-state index < -0.39 is 188 Å². The van der Waals surface area contributed by atoms with Crippen LogP contribution in [0.15, 0.2) is 58.3 Å². The summed E-state index contributed by atoms with van der Waals surface area (Å²) in [4.78, 5) is 137. The Bertz CT molecular complexity index is 3980. The lowest BCUT2D eigenvalue weighted by atomic mass is 9.94. The van der Waals surface area contributed by atoms with Crippen LogP contribution < -0.4 is 45.2 Å². The average Bonchev–Trinajstić information content (AvgIpc) is 1.58. The van der Waals surface area contributed by atoms with Crippen LogP contribution in [0.2, 0.25) is 0 Å². The molecule has 6 bridgehead atoms. The van der Waals surface area contributed by atoms with Crippen LogP contribution in [0.5, 0.6) is 0 Å². The molecule has 7 saturated heterocycles. The van der Waals surface area contributed by atoms with E-state index >= 15 is 0 Å². The van der Waals surface area contributed by atoms with Gasteiger partial charge >= 0.3 is 42.9 Å². The number of hydrogen-bond donors (Lipinski definition) is 8. The Morgan fingerprint density at radius 3 is 1.41 bits per heavy atom. The van der Waals surface area contributed by atoms with Crippen LogP contribution in [0.25, 0.3) is 0 Å². The Balaban J connectivity index is 0.861. The van der Waals surface area contributed by atoms with Crippen molar-refractivity contribution in [2.24, 2.45) is 0 Å². The minimum Gasteiger partial charge on any atom is -0.387 e. The lowest BCUT2D eigenvalue weighted by Gasteiger charge is -2.39. The minimum atomic E-state index is -4.76. The van der Waals surface area contributed by atoms with Crippen molar-refractivity contribution in [3.63, 3.8) is 0 Å². The Labute approximate surface area is 500 Å². The van der Waals surface area contributed by atoms with E-state index in [0.29, 0.717) is 12.0 Å². The molecule has 86 heavy (non-hydrogen) atoms. The number of aryl methyl sites for hydroxylation is 4. The largest absolute Gasteiger partial charge is 0.387 e. The maximum absolute atomic E-state index is 13.5. The van der Waals surface area contributed by atoms with Crippen LogP contribution in [-0.4, -0.2) is 162 Å². The normalized spacial score (nSPS) is 37.3. The lowest BCUT2D eigenvalue weighted by molar-refractivity contribution is -0.219. The highest BCUT2D eigenvalue weighted by Gasteiger charge is 2.72. The van der Waals surface area contributed by atoms with Gasteiger partial charge in [0, 0.05) is 53.5 Å². The van der Waals surface area contributed by atoms with E-state index in [1.807, 2.05) is 0 Å². The average molecular weight is 1330 g/mol. The fourth-order valence-electron chi connectivity index (χ4n) is 12.0. The number of nitrogen functional groups attached to an aromatic ring is 1. The Morgan fingerprint density at radius 2 is 0.965 bits per heavy atom. The minimum absolute atomic E-state index is 0.0199. The standard InChI is InChI=1S/C47H62N9O24P3S3/c1-9-25-26(10-27(74-25)53-11-18(2)34(48)49-41(53)61)78-81(65,84)69-16-46-23(7)72-29(39(76-46)55-13-20(4)36(59)51-43(55)63)32(46)80-83(67,86)70-17-47-24(8)73-30(40(77-47)56-14-21(5)37(60)52-44(56)64)33(47)79-82(66,85)68-15-45-22(6)71-28(31(45)57)38(75-45)54-12-19(3)35(58)50-42(54)62/h11-14,22-33,38-40,57H,9-10,15-17H2,1-8H3,(H,65,84)(H,66,85)(H,67,86)(H2,48,49,61)(H,50,58,62)(H,51,59,63)(H,52,60,64)/t22-,23-,24-,25+,26?,27+,28-,29-,30-,31?,32?,33?,38+,39+,40+,45-,46-,47-,81?,82?,83?/m0/s1. The molecule has 4 aromatic heterocycles. The maximum Gasteiger partial charge on any atom is 0.351 e. The van der Waals surface area contributed by atoms with Crippen LogP contribution in [-0.2, 0) is 95.7 Å². The van der Waals surface area contributed by atoms with Crippen molar-refractivity contribution in [2.75, 3.05) is 25.6 Å². The second-order valence-corrected chi connectivity index (χ2v) is 30.6. The van der Waals surface area contributed by atoms with Crippen LogP contribution in [0, 0.1) is 27.7 Å². The maximum atomic E-state index is 13.5. The summed E-state index contributed by atoms with van der Waals surface area (Å²) in [6.07, 6.45) is -12.8. The van der Waals surface area contributed by atoms with Gasteiger partial charge in [-0.15, -0.1) is 0 Å². The Morgan fingerprint density at radius 1 is 0.593 bits per heavy atom. The van der Waals surface area contributed by atoms with Gasteiger partial charge in [0.25, 0.3) is 16.7 Å². The molecule has 11 rings (SSSR count). The number of rotatable bonds is 20. The fraction of sp³-hybridized carbons (Fsp3) is 0.660. The molecule has 7 aliphatic heterocycles. The SMILES string of the molecule is CC[C@H]1O[C@@H](n2cc(C)c(N)nc2=O)CC1OP(O)(=S)OC[C@]12O[C@@H](n3cc(C)c(=O)[nH]c3=O)[C@@H](O[C@H]1C)C2OP(O)(=S)OC[C@]12O[C@@H](n3cc(C)c(=O)[nH]c3=O)[C@@H](O[C@H]1C)C2OP(O)(=S)OC[C@]12O[C@@H](n3cc(C)c(=O)[nH]c3=O)[C@@H](O[C@H]1C)C2O. The molecule has 0 saturated carbocycles. The third kappa shape index (κ3) is 11.0. The van der Waals surface area contributed by atoms with Gasteiger partial charge in [-0.05, 0) is 90.3 Å². The van der Waals surface area contributed by atoms with Crippen molar-refractivity contribution in [1.82, 2.24) is 38.2 Å². The predicted molar refractivity (Wildman–Crippen MR) is 304 cm³/mol. The lowest BCUT2D eigenvalue weighted by Crippen LogP contribution is -2.52. The number of anilines is 1. The molecule has 33 nitrogen and oxygen atoms in total. The van der Waals surface area contributed by atoms with Gasteiger partial charge in [-0.1, -0.05) is 6.92 Å². The number of aliphatic hydroxyl groups is 1. The molecule has 7 aliphatic rings. The summed E-state index contributed by atoms with van der Waals surface area (Å²) in [7, 11) is 0. The third-order valence-corrected chi connectivity index (χ3v) is 21.4. The monoisotopic (exact) mass is 1330 g/mol. The van der Waals surface area contributed by atoms with Gasteiger partial charge in [-0.2, -0.15) is 4.98 Å². The highest BCUT2D eigenvalue weighted by molar-refractivity contribution is 8.07. The molecule has 4 aromatic rings. The highest BCUT2D eigenvalue weighted by atomic mass is 32.5. The number of nitrogens with zero attached hydrogens (tertiary/aromatic N) is 5. The molecule has 21 atom stereocenters. The molecule has 472 valence electrons. The second kappa shape index (κ2) is 22.7. The molecule has 0 aliphatic carbocycles. The first-order valence-corrected chi connectivity index (χ1v) is 34.6. The number of nitrogens with one attached hydrogen (secondary N) is 3. The fourth-order valence-corrected chi connectivity index (χ4v) is 16.4. The van der Waals surface area contributed by atoms with Gasteiger partial charge in [0.2, 0.25) is 0 Å². The van der Waals surface area contributed by atoms with Crippen molar-refractivity contribution in [3.05, 3.63) is 120 Å². The van der Waals surface area contributed by atoms with E-state index in [1.54, 1.807) is 27.7 Å². The first-order valence-electron chi connectivity index (χ1n) is 26.8. The van der Waals surface area contributed by atoms with Gasteiger partial charge in [0.05, 0.1) is 50.3 Å². The van der Waals surface area contributed by atoms with E-state index in [1.165, 1.54) is 57.0 Å². The van der Waals surface area contributed by atoms with Gasteiger partial charge in [0.15, 0.2) is 18.7 Å². The van der Waals surface area contributed by atoms with E-state index in [4.69, 9.17) is 101 Å². The Kier molecular flexibility index (Phi) is 16.8. The predicted octanol–water partition coefficient (Wildman–Crippen LogP) is -1.21. The molecule has 7 fully saturated rings. The summed E-state index contributed by atoms with van der Waals surface area (Å²) in [6.45, 7) is -3.60. The number of nitrogens with two attached hydrogens (primary N) is 1. The van der Waals surface area contributed by atoms with Gasteiger partial charge in [0.1, 0.15) is 65.5 Å². The second-order valence-electron chi connectivity index (χ2n) is 22.2. The van der Waals surface area contributed by atoms with E-state index in [2.05, 4.69) is 19.9 Å². The van der Waals surface area contributed by atoms with Crippen LogP contribution >= 0.6 is 20.2 Å². The smallest absolute Gasteiger partial charge is 0.351 e. The number of hydrogen-bond acceptors (Lipinski definition) is 26. The molecular formula is C47H62N9O24P3S3. The highest BCUT2D eigenvalue weighted by Crippen LogP contribution is 2.62. The summed E-state index contributed by atoms with van der Waals surface area (Å²) in [5, 5.41) is 11.6. The quantitative estimate of drug-likeness (QED) is 0.0481. The van der Waals surface area contributed by atoms with Crippen molar-refractivity contribution < 1.29 is 80.1 Å². The van der Waals surface area contributed by atoms with Gasteiger partial charge in [-0.3, -0.25) is 56.7 Å². The summed E-state index contributed by atoms with van der Waals surface area (Å²) in [5.41, 5.74) is -4.48. The molecule has 11 heterocycles. The molecule has 9 N–H and O–H groups in total. The van der Waals surface area contributed by atoms with Gasteiger partial charge < -0.3 is 76.8 Å². The van der Waals surface area contributed by atoms with Crippen molar-refractivity contribution in [3.8, 4) is 0 Å². The van der Waals surface area contributed by atoms with Gasteiger partial charge in [-0.25, -0.2) is 19.2 Å². The number of aromatic nitrogens is 8. The van der Waals surface area contributed by atoms with E-state index in [9.17, 15) is 53.3 Å².